The summed E-state index contributed by atoms with van der Waals surface area (Å²) in [5, 5.41) is 2.92. The van der Waals surface area contributed by atoms with Crippen molar-refractivity contribution in [3.05, 3.63) is 35.1 Å². The first-order valence-electron chi connectivity index (χ1n) is 6.97. The van der Waals surface area contributed by atoms with Crippen molar-refractivity contribution in [3.8, 4) is 0 Å². The van der Waals surface area contributed by atoms with Crippen molar-refractivity contribution in [1.29, 1.82) is 0 Å². The molecule has 1 saturated heterocycles. The van der Waals surface area contributed by atoms with E-state index in [0.717, 1.165) is 12.1 Å². The summed E-state index contributed by atoms with van der Waals surface area (Å²) in [4.78, 5) is 1.31. The minimum atomic E-state index is -5.06. The minimum Gasteiger partial charge on any atom is -0.314 e. The quantitative estimate of drug-likeness (QED) is 0.841. The summed E-state index contributed by atoms with van der Waals surface area (Å²) < 4.78 is 91.6. The lowest BCUT2D eigenvalue weighted by Gasteiger charge is -2.36. The van der Waals surface area contributed by atoms with Crippen molar-refractivity contribution in [3.63, 3.8) is 0 Å². The van der Waals surface area contributed by atoms with E-state index in [1.807, 2.05) is 0 Å². The number of rotatable bonds is 3. The number of halogens is 7. The molecule has 0 radical (unpaired) electrons. The van der Waals surface area contributed by atoms with E-state index in [2.05, 4.69) is 5.32 Å². The molecule has 9 heteroatoms. The molecule has 0 aromatic heterocycles. The van der Waals surface area contributed by atoms with Gasteiger partial charge in [0.2, 0.25) is 0 Å². The van der Waals surface area contributed by atoms with Gasteiger partial charge in [-0.2, -0.15) is 26.3 Å². The average molecular weight is 344 g/mol. The largest absolute Gasteiger partial charge is 0.419 e. The zero-order valence-electron chi connectivity index (χ0n) is 11.9. The molecule has 2 rings (SSSR count). The summed E-state index contributed by atoms with van der Waals surface area (Å²) in [6, 6.07) is 0.967. The molecule has 1 N–H and O–H groups in total. The minimum absolute atomic E-state index is 0.161. The topological polar surface area (TPSA) is 15.3 Å². The molecule has 0 saturated carbocycles. The second-order valence-electron chi connectivity index (χ2n) is 5.32. The molecule has 1 aliphatic rings. The molecule has 0 aliphatic carbocycles. The predicted molar refractivity (Wildman–Crippen MR) is 69.3 cm³/mol. The van der Waals surface area contributed by atoms with Crippen molar-refractivity contribution in [1.82, 2.24) is 10.2 Å². The molecule has 1 aromatic carbocycles. The van der Waals surface area contributed by atoms with Crippen LogP contribution in [0.2, 0.25) is 0 Å². The van der Waals surface area contributed by atoms with Gasteiger partial charge in [-0.15, -0.1) is 0 Å². The Bertz CT molecular complexity index is 533. The Hall–Kier alpha value is -1.35. The normalized spacial score (nSPS) is 18.9. The van der Waals surface area contributed by atoms with Crippen LogP contribution >= 0.6 is 0 Å². The Labute approximate surface area is 128 Å². The highest BCUT2D eigenvalue weighted by Gasteiger charge is 2.43. The van der Waals surface area contributed by atoms with Gasteiger partial charge < -0.3 is 5.32 Å². The van der Waals surface area contributed by atoms with Crippen molar-refractivity contribution in [2.75, 3.05) is 26.2 Å². The van der Waals surface area contributed by atoms with Crippen LogP contribution in [-0.4, -0.2) is 37.3 Å². The Balaban J connectivity index is 2.48. The van der Waals surface area contributed by atoms with Gasteiger partial charge in [-0.25, -0.2) is 4.39 Å². The van der Waals surface area contributed by atoms with Crippen LogP contribution in [0.15, 0.2) is 18.2 Å². The fourth-order valence-corrected chi connectivity index (χ4v) is 2.77. The number of nitrogens with one attached hydrogen (secondary N) is 1. The maximum absolute atomic E-state index is 13.7. The third-order valence-electron chi connectivity index (χ3n) is 3.71. The zero-order valence-corrected chi connectivity index (χ0v) is 11.9. The van der Waals surface area contributed by atoms with Gasteiger partial charge in [0, 0.05) is 32.2 Å². The fraction of sp³-hybridized carbons (Fsp3) is 0.571. The smallest absolute Gasteiger partial charge is 0.314 e. The maximum Gasteiger partial charge on any atom is 0.419 e. The van der Waals surface area contributed by atoms with E-state index in [4.69, 9.17) is 0 Å². The van der Waals surface area contributed by atoms with Crippen LogP contribution in [0, 0.1) is 5.82 Å². The van der Waals surface area contributed by atoms with Crippen LogP contribution in [0.5, 0.6) is 0 Å². The summed E-state index contributed by atoms with van der Waals surface area (Å²) >= 11 is 0. The van der Waals surface area contributed by atoms with E-state index in [1.54, 1.807) is 0 Å². The van der Waals surface area contributed by atoms with Gasteiger partial charge >= 0.3 is 12.4 Å². The molecule has 23 heavy (non-hydrogen) atoms. The molecule has 1 heterocycles. The molecular formula is C14H15F7N2. The summed E-state index contributed by atoms with van der Waals surface area (Å²) in [7, 11) is 0. The van der Waals surface area contributed by atoms with Crippen molar-refractivity contribution in [2.24, 2.45) is 0 Å². The second kappa shape index (κ2) is 6.64. The van der Waals surface area contributed by atoms with Crippen LogP contribution in [0.25, 0.3) is 0 Å². The molecule has 1 atom stereocenters. The van der Waals surface area contributed by atoms with E-state index < -0.39 is 41.8 Å². The highest BCUT2D eigenvalue weighted by molar-refractivity contribution is 5.34. The van der Waals surface area contributed by atoms with E-state index >= 15 is 0 Å². The van der Waals surface area contributed by atoms with Gasteiger partial charge in [-0.05, 0) is 11.6 Å². The summed E-state index contributed by atoms with van der Waals surface area (Å²) in [6.07, 6.45) is -11.2. The molecule has 0 unspecified atom stereocenters. The lowest BCUT2D eigenvalue weighted by molar-refractivity contribution is -0.154. The SMILES string of the molecule is Fc1cccc([C@@H](CC(F)(F)F)N2CCNCC2)c1C(F)(F)F. The first-order chi connectivity index (χ1) is 10.6. The fourth-order valence-electron chi connectivity index (χ4n) is 2.77. The molecular weight excluding hydrogens is 329 g/mol. The number of piperazine rings is 1. The van der Waals surface area contributed by atoms with E-state index in [9.17, 15) is 30.7 Å². The molecule has 0 amide bonds. The van der Waals surface area contributed by atoms with Gasteiger partial charge in [0.25, 0.3) is 0 Å². The molecule has 1 aliphatic heterocycles. The number of nitrogens with zero attached hydrogens (tertiary/aromatic N) is 1. The molecule has 1 fully saturated rings. The predicted octanol–water partition coefficient (Wildman–Crippen LogP) is 3.74. The standard InChI is InChI=1S/C14H15F7N2/c15-10-3-1-2-9(12(10)14(19,20)21)11(8-13(16,17)18)23-6-4-22-5-7-23/h1-3,11,22H,4-8H2/t11-/m1/s1. The summed E-state index contributed by atoms with van der Waals surface area (Å²) in [5.74, 6) is -1.56. The van der Waals surface area contributed by atoms with E-state index in [1.165, 1.54) is 4.90 Å². The van der Waals surface area contributed by atoms with Gasteiger partial charge in [-0.3, -0.25) is 4.90 Å². The number of hydrogen-bond acceptors (Lipinski definition) is 2. The highest BCUT2D eigenvalue weighted by atomic mass is 19.4. The van der Waals surface area contributed by atoms with Gasteiger partial charge in [0.05, 0.1) is 12.0 Å². The van der Waals surface area contributed by atoms with E-state index in [-0.39, 0.29) is 13.1 Å². The Kier molecular flexibility index (Phi) is 5.20. The summed E-state index contributed by atoms with van der Waals surface area (Å²) in [6.45, 7) is 1.05. The van der Waals surface area contributed by atoms with E-state index in [0.29, 0.717) is 19.2 Å². The van der Waals surface area contributed by atoms with Crippen molar-refractivity contribution in [2.45, 2.75) is 24.8 Å². The van der Waals surface area contributed by atoms with Crippen molar-refractivity contribution < 1.29 is 30.7 Å². The van der Waals surface area contributed by atoms with Gasteiger partial charge in [-0.1, -0.05) is 12.1 Å². The Morgan fingerprint density at radius 3 is 2.17 bits per heavy atom. The van der Waals surface area contributed by atoms with Crippen LogP contribution in [0.4, 0.5) is 30.7 Å². The molecule has 2 nitrogen and oxygen atoms in total. The number of benzene rings is 1. The molecule has 1 aromatic rings. The third kappa shape index (κ3) is 4.57. The third-order valence-corrected chi connectivity index (χ3v) is 3.71. The maximum atomic E-state index is 13.7. The first kappa shape index (κ1) is 18.0. The lowest BCUT2D eigenvalue weighted by atomic mass is 9.95. The second-order valence-corrected chi connectivity index (χ2v) is 5.32. The monoisotopic (exact) mass is 344 g/mol. The van der Waals surface area contributed by atoms with Gasteiger partial charge in [0.15, 0.2) is 0 Å². The summed E-state index contributed by atoms with van der Waals surface area (Å²) in [5.41, 5.74) is -2.29. The molecule has 0 spiro atoms. The van der Waals surface area contributed by atoms with Gasteiger partial charge in [0.1, 0.15) is 5.82 Å². The van der Waals surface area contributed by atoms with Crippen LogP contribution in [-0.2, 0) is 6.18 Å². The van der Waals surface area contributed by atoms with Crippen molar-refractivity contribution >= 4 is 0 Å². The van der Waals surface area contributed by atoms with Crippen LogP contribution in [0.3, 0.4) is 0 Å². The first-order valence-corrected chi connectivity index (χ1v) is 6.97. The molecule has 130 valence electrons. The lowest BCUT2D eigenvalue weighted by Crippen LogP contribution is -2.46. The highest BCUT2D eigenvalue weighted by Crippen LogP contribution is 2.41. The molecule has 0 bridgehead atoms. The number of hydrogen-bond donors (Lipinski definition) is 1. The Morgan fingerprint density at radius 1 is 1.04 bits per heavy atom. The Morgan fingerprint density at radius 2 is 1.65 bits per heavy atom. The average Bonchev–Trinajstić information content (AvgIpc) is 2.43. The zero-order chi connectivity index (χ0) is 17.3. The van der Waals surface area contributed by atoms with Crippen LogP contribution < -0.4 is 5.32 Å². The van der Waals surface area contributed by atoms with Crippen LogP contribution in [0.1, 0.15) is 23.6 Å². The number of alkyl halides is 6.